The highest BCUT2D eigenvalue weighted by molar-refractivity contribution is 8.01. The zero-order chi connectivity index (χ0) is 15.9. The molecule has 0 fully saturated rings. The molecule has 0 aliphatic carbocycles. The largest absolute Gasteiger partial charge is 0.357 e. The lowest BCUT2D eigenvalue weighted by molar-refractivity contribution is -0.113. The Morgan fingerprint density at radius 3 is 2.95 bits per heavy atom. The van der Waals surface area contributed by atoms with Gasteiger partial charge in [0.15, 0.2) is 4.34 Å². The fraction of sp³-hybridized carbons (Fsp3) is 0.154. The van der Waals surface area contributed by atoms with Crippen molar-refractivity contribution >= 4 is 39.8 Å². The van der Waals surface area contributed by atoms with E-state index in [4.69, 9.17) is 0 Å². The van der Waals surface area contributed by atoms with Crippen LogP contribution in [-0.2, 0) is 4.79 Å². The molecule has 22 heavy (non-hydrogen) atoms. The van der Waals surface area contributed by atoms with Crippen LogP contribution in [0.3, 0.4) is 0 Å². The molecule has 0 aliphatic heterocycles. The van der Waals surface area contributed by atoms with Gasteiger partial charge in [-0.05, 0) is 12.1 Å². The average Bonchev–Trinajstić information content (AvgIpc) is 2.94. The Morgan fingerprint density at radius 1 is 1.41 bits per heavy atom. The van der Waals surface area contributed by atoms with Crippen molar-refractivity contribution in [2.45, 2.75) is 4.34 Å². The summed E-state index contributed by atoms with van der Waals surface area (Å²) in [5, 5.41) is 13.8. The first-order chi connectivity index (χ1) is 10.6. The molecule has 0 aliphatic rings. The van der Waals surface area contributed by atoms with E-state index in [1.165, 1.54) is 29.2 Å². The Kier molecular flexibility index (Phi) is 5.84. The topological polar surface area (TPSA) is 66.9 Å². The molecule has 1 heterocycles. The number of benzene rings is 1. The number of rotatable bonds is 7. The SMILES string of the molecule is C=CCNc1nnc(SCC(=O)Nc2ccc(F)cc2F)s1. The molecule has 1 aromatic carbocycles. The summed E-state index contributed by atoms with van der Waals surface area (Å²) in [6.07, 6.45) is 1.69. The molecule has 0 unspecified atom stereocenters. The van der Waals surface area contributed by atoms with E-state index in [2.05, 4.69) is 27.4 Å². The average molecular weight is 342 g/mol. The lowest BCUT2D eigenvalue weighted by atomic mass is 10.3. The van der Waals surface area contributed by atoms with Gasteiger partial charge in [-0.25, -0.2) is 8.78 Å². The molecular weight excluding hydrogens is 330 g/mol. The number of hydrogen-bond donors (Lipinski definition) is 2. The Hall–Kier alpha value is -2.00. The molecule has 1 amide bonds. The zero-order valence-corrected chi connectivity index (χ0v) is 12.9. The van der Waals surface area contributed by atoms with Gasteiger partial charge in [-0.3, -0.25) is 4.79 Å². The fourth-order valence-corrected chi connectivity index (χ4v) is 2.96. The van der Waals surface area contributed by atoms with E-state index >= 15 is 0 Å². The summed E-state index contributed by atoms with van der Waals surface area (Å²) in [4.78, 5) is 11.7. The number of nitrogens with zero attached hydrogens (tertiary/aromatic N) is 2. The lowest BCUT2D eigenvalue weighted by Crippen LogP contribution is -2.15. The molecule has 0 saturated heterocycles. The van der Waals surface area contributed by atoms with E-state index in [1.807, 2.05) is 0 Å². The summed E-state index contributed by atoms with van der Waals surface area (Å²) < 4.78 is 26.8. The van der Waals surface area contributed by atoms with Crippen LogP contribution < -0.4 is 10.6 Å². The Bertz CT molecular complexity index is 678. The van der Waals surface area contributed by atoms with Crippen LogP contribution >= 0.6 is 23.1 Å². The van der Waals surface area contributed by atoms with Crippen LogP contribution in [0.15, 0.2) is 35.2 Å². The molecule has 1 aromatic heterocycles. The molecule has 0 atom stereocenters. The molecular formula is C13H12F2N4OS2. The predicted molar refractivity (Wildman–Crippen MR) is 84.3 cm³/mol. The first-order valence-electron chi connectivity index (χ1n) is 6.14. The molecule has 0 saturated carbocycles. The number of nitrogens with one attached hydrogen (secondary N) is 2. The van der Waals surface area contributed by atoms with Gasteiger partial charge < -0.3 is 10.6 Å². The third-order valence-electron chi connectivity index (χ3n) is 2.34. The van der Waals surface area contributed by atoms with Crippen molar-refractivity contribution in [3.8, 4) is 0 Å². The molecule has 0 bridgehead atoms. The number of anilines is 2. The van der Waals surface area contributed by atoms with Crippen molar-refractivity contribution in [1.29, 1.82) is 0 Å². The van der Waals surface area contributed by atoms with Gasteiger partial charge in [0.05, 0.1) is 11.4 Å². The van der Waals surface area contributed by atoms with Gasteiger partial charge in [0.2, 0.25) is 11.0 Å². The van der Waals surface area contributed by atoms with E-state index in [0.717, 1.165) is 6.07 Å². The van der Waals surface area contributed by atoms with Gasteiger partial charge in [0, 0.05) is 12.6 Å². The van der Waals surface area contributed by atoms with Crippen LogP contribution in [0.25, 0.3) is 0 Å². The minimum atomic E-state index is -0.815. The van der Waals surface area contributed by atoms with E-state index in [1.54, 1.807) is 6.08 Å². The predicted octanol–water partition coefficient (Wildman–Crippen LogP) is 3.15. The summed E-state index contributed by atoms with van der Waals surface area (Å²) in [5.41, 5.74) is -0.0578. The summed E-state index contributed by atoms with van der Waals surface area (Å²) >= 11 is 2.49. The lowest BCUT2D eigenvalue weighted by Gasteiger charge is -2.05. The third kappa shape index (κ3) is 4.78. The van der Waals surface area contributed by atoms with Crippen molar-refractivity contribution in [2.24, 2.45) is 0 Å². The summed E-state index contributed by atoms with van der Waals surface area (Å²) in [5.74, 6) is -1.87. The maximum Gasteiger partial charge on any atom is 0.234 e. The number of thioether (sulfide) groups is 1. The quantitative estimate of drug-likeness (QED) is 0.598. The molecule has 2 aromatic rings. The number of hydrogen-bond acceptors (Lipinski definition) is 6. The van der Waals surface area contributed by atoms with Crippen molar-refractivity contribution < 1.29 is 13.6 Å². The second-order valence-corrected chi connectivity index (χ2v) is 6.20. The minimum Gasteiger partial charge on any atom is -0.357 e. The fourth-order valence-electron chi connectivity index (χ4n) is 1.40. The number of carbonyl (C=O) groups is 1. The van der Waals surface area contributed by atoms with E-state index in [9.17, 15) is 13.6 Å². The van der Waals surface area contributed by atoms with Gasteiger partial charge in [-0.1, -0.05) is 29.2 Å². The number of aromatic nitrogens is 2. The van der Waals surface area contributed by atoms with Crippen molar-refractivity contribution in [3.05, 3.63) is 42.5 Å². The number of halogens is 2. The normalized spacial score (nSPS) is 10.3. The molecule has 9 heteroatoms. The van der Waals surface area contributed by atoms with Crippen molar-refractivity contribution in [3.63, 3.8) is 0 Å². The molecule has 0 radical (unpaired) electrons. The molecule has 2 rings (SSSR count). The number of carbonyl (C=O) groups excluding carboxylic acids is 1. The van der Waals surface area contributed by atoms with Crippen LogP contribution in [0.1, 0.15) is 0 Å². The minimum absolute atomic E-state index is 0.0485. The summed E-state index contributed by atoms with van der Waals surface area (Å²) in [7, 11) is 0. The highest BCUT2D eigenvalue weighted by atomic mass is 32.2. The second kappa shape index (κ2) is 7.85. The van der Waals surface area contributed by atoms with Crippen LogP contribution in [0.4, 0.5) is 19.6 Å². The van der Waals surface area contributed by atoms with Gasteiger partial charge in [0.25, 0.3) is 0 Å². The number of amides is 1. The Morgan fingerprint density at radius 2 is 2.23 bits per heavy atom. The van der Waals surface area contributed by atoms with Crippen LogP contribution in [0.5, 0.6) is 0 Å². The monoisotopic (exact) mass is 342 g/mol. The highest BCUT2D eigenvalue weighted by Crippen LogP contribution is 2.25. The highest BCUT2D eigenvalue weighted by Gasteiger charge is 2.10. The first kappa shape index (κ1) is 16.4. The van der Waals surface area contributed by atoms with Crippen LogP contribution in [0.2, 0.25) is 0 Å². The third-order valence-corrected chi connectivity index (χ3v) is 4.35. The van der Waals surface area contributed by atoms with E-state index in [-0.39, 0.29) is 11.4 Å². The smallest absolute Gasteiger partial charge is 0.234 e. The Labute approximate surface area is 133 Å². The zero-order valence-electron chi connectivity index (χ0n) is 11.3. The van der Waals surface area contributed by atoms with Gasteiger partial charge >= 0.3 is 0 Å². The Balaban J connectivity index is 1.84. The molecule has 5 nitrogen and oxygen atoms in total. The van der Waals surface area contributed by atoms with Crippen molar-refractivity contribution in [1.82, 2.24) is 10.2 Å². The maximum atomic E-state index is 13.4. The molecule has 0 spiro atoms. The van der Waals surface area contributed by atoms with Crippen LogP contribution in [-0.4, -0.2) is 28.4 Å². The van der Waals surface area contributed by atoms with Gasteiger partial charge in [-0.15, -0.1) is 16.8 Å². The molecule has 2 N–H and O–H groups in total. The second-order valence-electron chi connectivity index (χ2n) is 4.00. The van der Waals surface area contributed by atoms with Crippen LogP contribution in [0, 0.1) is 11.6 Å². The van der Waals surface area contributed by atoms with E-state index in [0.29, 0.717) is 22.1 Å². The standard InChI is InChI=1S/C13H12F2N4OS2/c1-2-5-16-12-18-19-13(22-12)21-7-11(20)17-10-4-3-8(14)6-9(10)15/h2-4,6H,1,5,7H2,(H,16,18)(H,17,20). The summed E-state index contributed by atoms with van der Waals surface area (Å²) in [6.45, 7) is 4.15. The maximum absolute atomic E-state index is 13.4. The van der Waals surface area contributed by atoms with Gasteiger partial charge in [0.1, 0.15) is 11.6 Å². The molecule has 116 valence electrons. The first-order valence-corrected chi connectivity index (χ1v) is 7.94. The van der Waals surface area contributed by atoms with E-state index < -0.39 is 17.5 Å². The van der Waals surface area contributed by atoms with Crippen molar-refractivity contribution in [2.75, 3.05) is 22.9 Å². The summed E-state index contributed by atoms with van der Waals surface area (Å²) in [6, 6.07) is 2.97. The van der Waals surface area contributed by atoms with Gasteiger partial charge in [-0.2, -0.15) is 0 Å².